The van der Waals surface area contributed by atoms with Crippen LogP contribution in [0.4, 0.5) is 20.4 Å². The molecule has 16 heavy (non-hydrogen) atoms. The molecule has 0 aliphatic carbocycles. The van der Waals surface area contributed by atoms with Gasteiger partial charge in [-0.25, -0.2) is 18.7 Å². The zero-order valence-corrected chi connectivity index (χ0v) is 9.08. The largest absolute Gasteiger partial charge is 0.384 e. The Labute approximate surface area is 92.5 Å². The van der Waals surface area contributed by atoms with Gasteiger partial charge in [-0.05, 0) is 6.92 Å². The Balaban J connectivity index is 2.14. The van der Waals surface area contributed by atoms with Crippen LogP contribution in [0.5, 0.6) is 0 Å². The van der Waals surface area contributed by atoms with Gasteiger partial charge in [-0.1, -0.05) is 0 Å². The van der Waals surface area contributed by atoms with E-state index in [4.69, 9.17) is 5.73 Å². The molecule has 2 rings (SSSR count). The van der Waals surface area contributed by atoms with Crippen LogP contribution in [0, 0.1) is 6.92 Å². The summed E-state index contributed by atoms with van der Waals surface area (Å²) >= 11 is 0. The van der Waals surface area contributed by atoms with Crippen molar-refractivity contribution in [2.24, 2.45) is 0 Å². The summed E-state index contributed by atoms with van der Waals surface area (Å²) in [6, 6.07) is 1.62. The van der Waals surface area contributed by atoms with Crippen molar-refractivity contribution in [3.63, 3.8) is 0 Å². The predicted molar refractivity (Wildman–Crippen MR) is 57.6 cm³/mol. The van der Waals surface area contributed by atoms with E-state index in [1.54, 1.807) is 13.0 Å². The highest BCUT2D eigenvalue weighted by molar-refractivity contribution is 5.47. The van der Waals surface area contributed by atoms with Crippen LogP contribution in [0.25, 0.3) is 0 Å². The first-order valence-electron chi connectivity index (χ1n) is 5.20. The van der Waals surface area contributed by atoms with E-state index in [1.807, 2.05) is 4.90 Å². The van der Waals surface area contributed by atoms with Crippen LogP contribution in [0.2, 0.25) is 0 Å². The molecule has 0 saturated carbocycles. The summed E-state index contributed by atoms with van der Waals surface area (Å²) in [5, 5.41) is 0. The van der Waals surface area contributed by atoms with E-state index in [9.17, 15) is 8.78 Å². The highest BCUT2D eigenvalue weighted by Crippen LogP contribution is 2.29. The molecule has 4 nitrogen and oxygen atoms in total. The number of nitrogen functional groups attached to an aromatic ring is 1. The molecule has 0 unspecified atom stereocenters. The standard InChI is InChI=1S/C10H14F2N4/c1-7-14-8(13)6-9(15-7)16-4-2-10(11,12)3-5-16/h6H,2-5H2,1H3,(H2,13,14,15). The van der Waals surface area contributed by atoms with Crippen LogP contribution >= 0.6 is 0 Å². The van der Waals surface area contributed by atoms with Crippen LogP contribution < -0.4 is 10.6 Å². The van der Waals surface area contributed by atoms with Crippen molar-refractivity contribution in [2.45, 2.75) is 25.7 Å². The molecule has 0 radical (unpaired) electrons. The van der Waals surface area contributed by atoms with Crippen molar-refractivity contribution < 1.29 is 8.78 Å². The van der Waals surface area contributed by atoms with E-state index in [-0.39, 0.29) is 12.8 Å². The van der Waals surface area contributed by atoms with Gasteiger partial charge in [0.2, 0.25) is 0 Å². The third-order valence-corrected chi connectivity index (χ3v) is 2.66. The number of nitrogens with zero attached hydrogens (tertiary/aromatic N) is 3. The average Bonchev–Trinajstić information content (AvgIpc) is 2.15. The van der Waals surface area contributed by atoms with Gasteiger partial charge in [0, 0.05) is 32.0 Å². The molecule has 2 N–H and O–H groups in total. The van der Waals surface area contributed by atoms with Gasteiger partial charge < -0.3 is 10.6 Å². The van der Waals surface area contributed by atoms with Crippen molar-refractivity contribution in [1.29, 1.82) is 0 Å². The smallest absolute Gasteiger partial charge is 0.251 e. The van der Waals surface area contributed by atoms with Crippen molar-refractivity contribution in [3.05, 3.63) is 11.9 Å². The molecule has 88 valence electrons. The number of aromatic nitrogens is 2. The lowest BCUT2D eigenvalue weighted by atomic mass is 10.1. The fourth-order valence-electron chi connectivity index (χ4n) is 1.80. The molecule has 1 aliphatic heterocycles. The molecule has 0 atom stereocenters. The van der Waals surface area contributed by atoms with Crippen LogP contribution in [0.1, 0.15) is 18.7 Å². The van der Waals surface area contributed by atoms with E-state index in [0.717, 1.165) is 0 Å². The van der Waals surface area contributed by atoms with Gasteiger partial charge >= 0.3 is 0 Å². The van der Waals surface area contributed by atoms with Crippen molar-refractivity contribution in [2.75, 3.05) is 23.7 Å². The Morgan fingerprint density at radius 3 is 2.50 bits per heavy atom. The van der Waals surface area contributed by atoms with Gasteiger partial charge in [-0.2, -0.15) is 0 Å². The Hall–Kier alpha value is -1.46. The molecule has 6 heteroatoms. The second-order valence-corrected chi connectivity index (χ2v) is 4.04. The van der Waals surface area contributed by atoms with Gasteiger partial charge in [0.15, 0.2) is 0 Å². The summed E-state index contributed by atoms with van der Waals surface area (Å²) in [6.45, 7) is 2.35. The lowest BCUT2D eigenvalue weighted by Crippen LogP contribution is -2.39. The molecule has 0 spiro atoms. The molecule has 0 amide bonds. The molecule has 1 saturated heterocycles. The normalized spacial score (nSPS) is 19.8. The SMILES string of the molecule is Cc1nc(N)cc(N2CCC(F)(F)CC2)n1. The molecule has 2 heterocycles. The van der Waals surface area contributed by atoms with E-state index >= 15 is 0 Å². The van der Waals surface area contributed by atoms with Gasteiger partial charge in [0.25, 0.3) is 5.92 Å². The highest BCUT2D eigenvalue weighted by atomic mass is 19.3. The maximum atomic E-state index is 13.0. The minimum Gasteiger partial charge on any atom is -0.384 e. The quantitative estimate of drug-likeness (QED) is 0.793. The Morgan fingerprint density at radius 2 is 1.94 bits per heavy atom. The number of rotatable bonds is 1. The first kappa shape index (κ1) is 11.0. The number of piperidine rings is 1. The summed E-state index contributed by atoms with van der Waals surface area (Å²) in [6.07, 6.45) is -0.258. The third-order valence-electron chi connectivity index (χ3n) is 2.66. The number of alkyl halides is 2. The minimum absolute atomic E-state index is 0.129. The van der Waals surface area contributed by atoms with Crippen LogP contribution in [-0.4, -0.2) is 29.0 Å². The van der Waals surface area contributed by atoms with Gasteiger partial charge in [-0.15, -0.1) is 0 Å². The average molecular weight is 228 g/mol. The van der Waals surface area contributed by atoms with Crippen molar-refractivity contribution >= 4 is 11.6 Å². The molecule has 1 fully saturated rings. The second-order valence-electron chi connectivity index (χ2n) is 4.04. The van der Waals surface area contributed by atoms with Gasteiger partial charge in [0.05, 0.1) is 0 Å². The molecular weight excluding hydrogens is 214 g/mol. The van der Waals surface area contributed by atoms with Crippen LogP contribution in [0.15, 0.2) is 6.07 Å². The number of anilines is 2. The zero-order valence-electron chi connectivity index (χ0n) is 9.08. The molecular formula is C10H14F2N4. The summed E-state index contributed by atoms with van der Waals surface area (Å²) in [7, 11) is 0. The first-order chi connectivity index (χ1) is 7.46. The Morgan fingerprint density at radius 1 is 1.31 bits per heavy atom. The van der Waals surface area contributed by atoms with Crippen molar-refractivity contribution in [1.82, 2.24) is 9.97 Å². The summed E-state index contributed by atoms with van der Waals surface area (Å²) in [5.41, 5.74) is 5.59. The van der Waals surface area contributed by atoms with Gasteiger partial charge in [-0.3, -0.25) is 0 Å². The summed E-state index contributed by atoms with van der Waals surface area (Å²) in [4.78, 5) is 9.97. The van der Waals surface area contributed by atoms with E-state index in [0.29, 0.717) is 30.5 Å². The number of aryl methyl sites for hydroxylation is 1. The number of halogens is 2. The predicted octanol–water partition coefficient (Wildman–Crippen LogP) is 1.60. The number of nitrogens with two attached hydrogens (primary N) is 1. The topological polar surface area (TPSA) is 55.0 Å². The van der Waals surface area contributed by atoms with Crippen molar-refractivity contribution in [3.8, 4) is 0 Å². The number of hydrogen-bond donors (Lipinski definition) is 1. The summed E-state index contributed by atoms with van der Waals surface area (Å²) < 4.78 is 25.9. The minimum atomic E-state index is -2.54. The fourth-order valence-corrected chi connectivity index (χ4v) is 1.80. The van der Waals surface area contributed by atoms with Crippen LogP contribution in [-0.2, 0) is 0 Å². The van der Waals surface area contributed by atoms with Crippen LogP contribution in [0.3, 0.4) is 0 Å². The lowest BCUT2D eigenvalue weighted by Gasteiger charge is -2.32. The molecule has 0 aromatic carbocycles. The molecule has 1 aromatic rings. The Bertz CT molecular complexity index is 364. The Kier molecular flexibility index (Phi) is 2.65. The lowest BCUT2D eigenvalue weighted by molar-refractivity contribution is -0.0221. The molecule has 1 aromatic heterocycles. The maximum Gasteiger partial charge on any atom is 0.251 e. The molecule has 1 aliphatic rings. The summed E-state index contributed by atoms with van der Waals surface area (Å²) in [5.74, 6) is -0.961. The molecule has 0 bridgehead atoms. The maximum absolute atomic E-state index is 13.0. The second kappa shape index (κ2) is 3.84. The van der Waals surface area contributed by atoms with E-state index in [2.05, 4.69) is 9.97 Å². The van der Waals surface area contributed by atoms with E-state index < -0.39 is 5.92 Å². The van der Waals surface area contributed by atoms with Gasteiger partial charge in [0.1, 0.15) is 17.5 Å². The fraction of sp³-hybridized carbons (Fsp3) is 0.600. The third kappa shape index (κ3) is 2.37. The number of hydrogen-bond acceptors (Lipinski definition) is 4. The van der Waals surface area contributed by atoms with E-state index in [1.165, 1.54) is 0 Å². The monoisotopic (exact) mass is 228 g/mol. The first-order valence-corrected chi connectivity index (χ1v) is 5.20. The highest BCUT2D eigenvalue weighted by Gasteiger charge is 2.34. The zero-order chi connectivity index (χ0) is 11.8.